The Kier molecular flexibility index (Phi) is 9.75. The molecule has 1 heterocycles. The molecule has 0 bridgehead atoms. The van der Waals surface area contributed by atoms with Crippen molar-refractivity contribution in [2.75, 3.05) is 26.5 Å². The highest BCUT2D eigenvalue weighted by molar-refractivity contribution is 7.98. The molecule has 1 aromatic heterocycles. The molecule has 0 spiro atoms. The number of hydrogen-bond acceptors (Lipinski definition) is 6. The molecule has 0 radical (unpaired) electrons. The number of thioether (sulfide) groups is 1. The van der Waals surface area contributed by atoms with E-state index in [0.717, 1.165) is 27.4 Å². The van der Waals surface area contributed by atoms with E-state index in [2.05, 4.69) is 54.1 Å². The van der Waals surface area contributed by atoms with Crippen molar-refractivity contribution >= 4 is 23.8 Å². The van der Waals surface area contributed by atoms with Gasteiger partial charge in [-0.05, 0) is 85.0 Å². The molecule has 208 valence electrons. The first kappa shape index (κ1) is 28.6. The average Bonchev–Trinajstić information content (AvgIpc) is 3.33. The Morgan fingerprint density at radius 1 is 0.875 bits per heavy atom. The van der Waals surface area contributed by atoms with Gasteiger partial charge in [0.2, 0.25) is 0 Å². The zero-order valence-corrected chi connectivity index (χ0v) is 23.5. The quantitative estimate of drug-likeness (QED) is 0.202. The molecule has 0 aliphatic carbocycles. The van der Waals surface area contributed by atoms with Crippen molar-refractivity contribution < 1.29 is 28.9 Å². The minimum absolute atomic E-state index is 0.0722. The number of carboxylic acids is 1. The second-order valence-corrected chi connectivity index (χ2v) is 9.91. The van der Waals surface area contributed by atoms with Crippen molar-refractivity contribution in [3.63, 3.8) is 0 Å². The lowest BCUT2D eigenvalue weighted by atomic mass is 10.1. The van der Waals surface area contributed by atoms with Gasteiger partial charge in [-0.1, -0.05) is 24.3 Å². The number of ether oxygens (including phenoxy) is 3. The van der Waals surface area contributed by atoms with Gasteiger partial charge in [0, 0.05) is 22.8 Å². The second kappa shape index (κ2) is 13.6. The number of carbonyl (C=O) groups is 2. The van der Waals surface area contributed by atoms with Crippen molar-refractivity contribution in [3.05, 3.63) is 96.2 Å². The highest BCUT2D eigenvalue weighted by atomic mass is 32.2. The van der Waals surface area contributed by atoms with Crippen LogP contribution in [0.2, 0.25) is 0 Å². The second-order valence-electron chi connectivity index (χ2n) is 9.03. The van der Waals surface area contributed by atoms with Gasteiger partial charge in [0.15, 0.2) is 0 Å². The first-order chi connectivity index (χ1) is 19.4. The number of amides is 1. The Morgan fingerprint density at radius 3 is 2.15 bits per heavy atom. The summed E-state index contributed by atoms with van der Waals surface area (Å²) in [7, 11) is 1.54. The number of benzene rings is 3. The van der Waals surface area contributed by atoms with Crippen LogP contribution in [0.25, 0.3) is 11.3 Å². The van der Waals surface area contributed by atoms with Crippen molar-refractivity contribution in [2.45, 2.75) is 24.9 Å². The summed E-state index contributed by atoms with van der Waals surface area (Å²) in [4.78, 5) is 26.4. The normalized spacial score (nSPS) is 10.7. The molecule has 1 N–H and O–H groups in total. The van der Waals surface area contributed by atoms with E-state index in [4.69, 9.17) is 14.2 Å². The average molecular weight is 561 g/mol. The number of aromatic nitrogens is 1. The van der Waals surface area contributed by atoms with Crippen LogP contribution in [-0.2, 0) is 17.9 Å². The number of methoxy groups -OCH3 is 1. The van der Waals surface area contributed by atoms with E-state index < -0.39 is 18.6 Å². The molecule has 0 unspecified atom stereocenters. The maximum atomic E-state index is 12.7. The van der Waals surface area contributed by atoms with Gasteiger partial charge >= 0.3 is 12.1 Å². The number of aryl methyl sites for hydroxylation is 1. The highest BCUT2D eigenvalue weighted by Crippen LogP contribution is 2.25. The molecular weight excluding hydrogens is 528 g/mol. The largest absolute Gasteiger partial charge is 0.497 e. The van der Waals surface area contributed by atoms with Gasteiger partial charge in [0.1, 0.15) is 30.4 Å². The van der Waals surface area contributed by atoms with Crippen LogP contribution in [0.1, 0.15) is 11.3 Å². The number of aliphatic carboxylic acids is 1. The van der Waals surface area contributed by atoms with Gasteiger partial charge in [0.05, 0.1) is 13.7 Å². The minimum Gasteiger partial charge on any atom is -0.497 e. The fraction of sp³-hybridized carbons (Fsp3) is 0.226. The predicted molar refractivity (Wildman–Crippen MR) is 155 cm³/mol. The van der Waals surface area contributed by atoms with E-state index in [1.54, 1.807) is 36.0 Å². The Labute approximate surface area is 238 Å². The molecule has 3 aromatic carbocycles. The van der Waals surface area contributed by atoms with Gasteiger partial charge in [-0.15, -0.1) is 11.8 Å². The fourth-order valence-electron chi connectivity index (χ4n) is 4.20. The highest BCUT2D eigenvalue weighted by Gasteiger charge is 2.20. The van der Waals surface area contributed by atoms with Crippen LogP contribution >= 0.6 is 11.8 Å². The summed E-state index contributed by atoms with van der Waals surface area (Å²) < 4.78 is 18.7. The molecule has 0 saturated heterocycles. The van der Waals surface area contributed by atoms with E-state index >= 15 is 0 Å². The summed E-state index contributed by atoms with van der Waals surface area (Å²) >= 11 is 1.72. The molecular formula is C31H32N2O6S. The molecule has 8 nitrogen and oxygen atoms in total. The summed E-state index contributed by atoms with van der Waals surface area (Å²) in [6.07, 6.45) is 1.31. The molecule has 0 atom stereocenters. The van der Waals surface area contributed by atoms with Gasteiger partial charge in [0.25, 0.3) is 0 Å². The third-order valence-corrected chi connectivity index (χ3v) is 7.06. The Hall–Kier alpha value is -4.37. The molecule has 0 fully saturated rings. The number of carboxylic acid groups (broad SMARTS) is 1. The standard InChI is InChI=1S/C31H32N2O6S/c1-22-4-17-29(24-7-15-28(40-3)16-8-24)33(22)18-19-38-26-9-5-23(6-10-26)20-32(21-30(34)35)31(36)39-27-13-11-25(37-2)12-14-27/h4-17H,18-21H2,1-3H3,(H,34,35). The zero-order chi connectivity index (χ0) is 28.5. The SMILES string of the molecule is COc1ccc(OC(=O)N(CC(=O)O)Cc2ccc(OCCn3c(C)ccc3-c3ccc(SC)cc3)cc2)cc1. The summed E-state index contributed by atoms with van der Waals surface area (Å²) in [6.45, 7) is 2.82. The first-order valence-corrected chi connectivity index (χ1v) is 13.9. The third kappa shape index (κ3) is 7.60. The first-order valence-electron chi connectivity index (χ1n) is 12.7. The van der Waals surface area contributed by atoms with E-state index in [0.29, 0.717) is 30.4 Å². The van der Waals surface area contributed by atoms with Crippen LogP contribution in [0.5, 0.6) is 17.2 Å². The van der Waals surface area contributed by atoms with Crippen LogP contribution < -0.4 is 14.2 Å². The van der Waals surface area contributed by atoms with Gasteiger partial charge in [-0.25, -0.2) is 4.79 Å². The van der Waals surface area contributed by atoms with Crippen molar-refractivity contribution in [1.29, 1.82) is 0 Å². The van der Waals surface area contributed by atoms with Crippen LogP contribution in [0.15, 0.2) is 89.8 Å². The van der Waals surface area contributed by atoms with Gasteiger partial charge in [-0.3, -0.25) is 9.69 Å². The van der Waals surface area contributed by atoms with Gasteiger partial charge < -0.3 is 23.9 Å². The molecule has 4 rings (SSSR count). The number of nitrogens with zero attached hydrogens (tertiary/aromatic N) is 2. The number of carbonyl (C=O) groups excluding carboxylic acids is 1. The topological polar surface area (TPSA) is 90.2 Å². The number of hydrogen-bond donors (Lipinski definition) is 1. The van der Waals surface area contributed by atoms with Gasteiger partial charge in [-0.2, -0.15) is 0 Å². The molecule has 0 aliphatic heterocycles. The monoisotopic (exact) mass is 560 g/mol. The van der Waals surface area contributed by atoms with Crippen LogP contribution in [0.3, 0.4) is 0 Å². The van der Waals surface area contributed by atoms with Crippen molar-refractivity contribution in [2.24, 2.45) is 0 Å². The molecule has 1 amide bonds. The summed E-state index contributed by atoms with van der Waals surface area (Å²) in [5.74, 6) is 0.467. The van der Waals surface area contributed by atoms with E-state index in [1.165, 1.54) is 12.0 Å². The predicted octanol–water partition coefficient (Wildman–Crippen LogP) is 6.36. The maximum Gasteiger partial charge on any atom is 0.416 e. The van der Waals surface area contributed by atoms with E-state index in [-0.39, 0.29) is 6.54 Å². The maximum absolute atomic E-state index is 12.7. The summed E-state index contributed by atoms with van der Waals surface area (Å²) in [5.41, 5.74) is 4.20. The smallest absolute Gasteiger partial charge is 0.416 e. The lowest BCUT2D eigenvalue weighted by molar-refractivity contribution is -0.138. The third-order valence-electron chi connectivity index (χ3n) is 6.31. The zero-order valence-electron chi connectivity index (χ0n) is 22.7. The summed E-state index contributed by atoms with van der Waals surface area (Å²) in [6, 6.07) is 26.5. The van der Waals surface area contributed by atoms with Crippen LogP contribution in [0.4, 0.5) is 4.79 Å². The molecule has 40 heavy (non-hydrogen) atoms. The van der Waals surface area contributed by atoms with E-state index in [1.807, 2.05) is 24.3 Å². The van der Waals surface area contributed by atoms with Crippen molar-refractivity contribution in [1.82, 2.24) is 9.47 Å². The number of rotatable bonds is 12. The lowest BCUT2D eigenvalue weighted by Gasteiger charge is -2.20. The van der Waals surface area contributed by atoms with Crippen LogP contribution in [0, 0.1) is 6.92 Å². The Balaban J connectivity index is 1.34. The summed E-state index contributed by atoms with van der Waals surface area (Å²) in [5, 5.41) is 9.31. The molecule has 0 aliphatic rings. The lowest BCUT2D eigenvalue weighted by Crippen LogP contribution is -2.37. The Morgan fingerprint density at radius 2 is 1.52 bits per heavy atom. The van der Waals surface area contributed by atoms with Crippen molar-refractivity contribution in [3.8, 4) is 28.5 Å². The minimum atomic E-state index is -1.13. The van der Waals surface area contributed by atoms with E-state index in [9.17, 15) is 14.7 Å². The Bertz CT molecular complexity index is 1420. The van der Waals surface area contributed by atoms with Crippen LogP contribution in [-0.4, -0.2) is 53.2 Å². The molecule has 4 aromatic rings. The fourth-order valence-corrected chi connectivity index (χ4v) is 4.61. The molecule has 0 saturated carbocycles. The molecule has 9 heteroatoms.